The lowest BCUT2D eigenvalue weighted by molar-refractivity contribution is -0.139. The quantitative estimate of drug-likeness (QED) is 0.370. The van der Waals surface area contributed by atoms with Gasteiger partial charge >= 0.3 is 0 Å². The van der Waals surface area contributed by atoms with E-state index in [0.717, 1.165) is 25.5 Å². The highest BCUT2D eigenvalue weighted by Crippen LogP contribution is 2.29. The number of likely N-dealkylation sites (N-methyl/N-ethyl adjacent to an activating group) is 1. The minimum atomic E-state index is -4.08. The fourth-order valence-electron chi connectivity index (χ4n) is 3.98. The number of rotatable bonds is 10. The number of sulfonamides is 1. The van der Waals surface area contributed by atoms with E-state index in [-0.39, 0.29) is 17.3 Å². The van der Waals surface area contributed by atoms with Gasteiger partial charge in [0.05, 0.1) is 10.6 Å². The van der Waals surface area contributed by atoms with Crippen LogP contribution in [0.25, 0.3) is 0 Å². The summed E-state index contributed by atoms with van der Waals surface area (Å²) in [5, 5.41) is 2.76. The topological polar surface area (TPSA) is 86.8 Å². The fraction of sp³-hybridized carbons (Fsp3) is 0.286. The third-order valence-corrected chi connectivity index (χ3v) is 8.48. The van der Waals surface area contributed by atoms with Crippen molar-refractivity contribution in [1.82, 2.24) is 10.2 Å². The number of carbonyl (C=O) groups is 2. The zero-order chi connectivity index (χ0) is 27.2. The van der Waals surface area contributed by atoms with E-state index in [2.05, 4.69) is 21.2 Å². The van der Waals surface area contributed by atoms with Gasteiger partial charge in [0, 0.05) is 17.6 Å². The summed E-state index contributed by atoms with van der Waals surface area (Å²) in [6.45, 7) is 7.28. The van der Waals surface area contributed by atoms with Crippen LogP contribution in [0.4, 0.5) is 5.69 Å². The average molecular weight is 587 g/mol. The van der Waals surface area contributed by atoms with Crippen molar-refractivity contribution in [3.63, 3.8) is 0 Å². The van der Waals surface area contributed by atoms with E-state index in [1.807, 2.05) is 44.2 Å². The van der Waals surface area contributed by atoms with Gasteiger partial charge in [-0.05, 0) is 74.7 Å². The van der Waals surface area contributed by atoms with E-state index in [9.17, 15) is 18.0 Å². The summed E-state index contributed by atoms with van der Waals surface area (Å²) < 4.78 is 29.7. The molecule has 0 aromatic heterocycles. The molecule has 2 amide bonds. The van der Waals surface area contributed by atoms with Gasteiger partial charge in [-0.2, -0.15) is 0 Å². The van der Waals surface area contributed by atoms with E-state index in [0.29, 0.717) is 12.2 Å². The first-order chi connectivity index (χ1) is 17.6. The Balaban J connectivity index is 2.07. The Morgan fingerprint density at radius 1 is 0.973 bits per heavy atom. The van der Waals surface area contributed by atoms with Gasteiger partial charge in [0.2, 0.25) is 11.8 Å². The van der Waals surface area contributed by atoms with Gasteiger partial charge in [-0.1, -0.05) is 58.4 Å². The Hall–Kier alpha value is -3.17. The van der Waals surface area contributed by atoms with Crippen molar-refractivity contribution < 1.29 is 18.0 Å². The summed E-state index contributed by atoms with van der Waals surface area (Å²) in [6, 6.07) is 20.0. The molecule has 3 aromatic rings. The summed E-state index contributed by atoms with van der Waals surface area (Å²) in [7, 11) is -4.08. The number of benzene rings is 3. The van der Waals surface area contributed by atoms with Crippen molar-refractivity contribution in [3.05, 3.63) is 94.0 Å². The van der Waals surface area contributed by atoms with Gasteiger partial charge in [0.1, 0.15) is 12.6 Å². The van der Waals surface area contributed by atoms with E-state index < -0.39 is 28.5 Å². The second kappa shape index (κ2) is 12.4. The molecule has 0 aliphatic heterocycles. The molecule has 0 heterocycles. The monoisotopic (exact) mass is 585 g/mol. The molecule has 9 heteroatoms. The number of hydrogen-bond acceptors (Lipinski definition) is 4. The predicted octanol–water partition coefficient (Wildman–Crippen LogP) is 4.81. The molecule has 0 aliphatic carbocycles. The number of halogens is 1. The molecule has 0 spiro atoms. The van der Waals surface area contributed by atoms with E-state index in [4.69, 9.17) is 0 Å². The number of amides is 2. The van der Waals surface area contributed by atoms with Crippen LogP contribution in [0.1, 0.15) is 30.5 Å². The summed E-state index contributed by atoms with van der Waals surface area (Å²) >= 11 is 3.45. The maximum atomic E-state index is 13.9. The summed E-state index contributed by atoms with van der Waals surface area (Å²) in [4.78, 5) is 28.1. The van der Waals surface area contributed by atoms with Crippen LogP contribution in [0.2, 0.25) is 0 Å². The first-order valence-electron chi connectivity index (χ1n) is 12.0. The van der Waals surface area contributed by atoms with E-state index in [1.54, 1.807) is 44.2 Å². The van der Waals surface area contributed by atoms with Crippen molar-refractivity contribution in [2.45, 2.75) is 45.2 Å². The van der Waals surface area contributed by atoms with Gasteiger partial charge in [-0.15, -0.1) is 0 Å². The fourth-order valence-corrected chi connectivity index (χ4v) is 5.91. The molecule has 0 fully saturated rings. The second-order valence-electron chi connectivity index (χ2n) is 8.77. The normalized spacial score (nSPS) is 12.0. The smallest absolute Gasteiger partial charge is 0.264 e. The molecule has 196 valence electrons. The van der Waals surface area contributed by atoms with Crippen LogP contribution in [0.5, 0.6) is 0 Å². The minimum absolute atomic E-state index is 0.0824. The van der Waals surface area contributed by atoms with Crippen molar-refractivity contribution in [1.29, 1.82) is 0 Å². The highest BCUT2D eigenvalue weighted by molar-refractivity contribution is 9.10. The lowest BCUT2D eigenvalue weighted by atomic mass is 10.1. The summed E-state index contributed by atoms with van der Waals surface area (Å²) in [6.07, 6.45) is 0. The van der Waals surface area contributed by atoms with Crippen LogP contribution in [-0.2, 0) is 26.2 Å². The van der Waals surface area contributed by atoms with Crippen molar-refractivity contribution in [2.24, 2.45) is 0 Å². The maximum absolute atomic E-state index is 13.9. The molecule has 0 saturated heterocycles. The largest absolute Gasteiger partial charge is 0.355 e. The lowest BCUT2D eigenvalue weighted by Crippen LogP contribution is -2.51. The molecule has 0 radical (unpaired) electrons. The Bertz CT molecular complexity index is 1360. The first-order valence-corrected chi connectivity index (χ1v) is 14.2. The van der Waals surface area contributed by atoms with Gasteiger partial charge in [-0.3, -0.25) is 13.9 Å². The molecule has 1 N–H and O–H groups in total. The standard InChI is InChI=1S/C28H32BrN3O4S/c1-5-30-28(34)22(4)31(18-23-12-10-13-24(29)17-23)27(33)19-32(26-16-9-11-20(2)21(26)3)37(35,36)25-14-7-6-8-15-25/h6-17,22H,5,18-19H2,1-4H3,(H,30,34). The molecule has 3 aromatic carbocycles. The molecular weight excluding hydrogens is 554 g/mol. The second-order valence-corrected chi connectivity index (χ2v) is 11.5. The van der Waals surface area contributed by atoms with E-state index >= 15 is 0 Å². The van der Waals surface area contributed by atoms with Crippen LogP contribution in [0, 0.1) is 13.8 Å². The van der Waals surface area contributed by atoms with Crippen LogP contribution >= 0.6 is 15.9 Å². The number of hydrogen-bond donors (Lipinski definition) is 1. The highest BCUT2D eigenvalue weighted by atomic mass is 79.9. The minimum Gasteiger partial charge on any atom is -0.355 e. The number of nitrogens with zero attached hydrogens (tertiary/aromatic N) is 2. The zero-order valence-corrected chi connectivity index (χ0v) is 23.8. The zero-order valence-electron chi connectivity index (χ0n) is 21.4. The molecule has 7 nitrogen and oxygen atoms in total. The molecule has 37 heavy (non-hydrogen) atoms. The SMILES string of the molecule is CCNC(=O)C(C)N(Cc1cccc(Br)c1)C(=O)CN(c1cccc(C)c1C)S(=O)(=O)c1ccccc1. The van der Waals surface area contributed by atoms with Crippen molar-refractivity contribution in [2.75, 3.05) is 17.4 Å². The van der Waals surface area contributed by atoms with Crippen molar-refractivity contribution in [3.8, 4) is 0 Å². The van der Waals surface area contributed by atoms with Crippen molar-refractivity contribution >= 4 is 43.5 Å². The molecular formula is C28H32BrN3O4S. The van der Waals surface area contributed by atoms with Crippen LogP contribution in [0.15, 0.2) is 82.2 Å². The molecule has 3 rings (SSSR count). The Morgan fingerprint density at radius 3 is 2.30 bits per heavy atom. The number of aryl methyl sites for hydroxylation is 1. The molecule has 0 saturated carbocycles. The third kappa shape index (κ3) is 6.78. The predicted molar refractivity (Wildman–Crippen MR) is 150 cm³/mol. The maximum Gasteiger partial charge on any atom is 0.264 e. The third-order valence-electron chi connectivity index (χ3n) is 6.22. The molecule has 1 atom stereocenters. The van der Waals surface area contributed by atoms with Gasteiger partial charge in [-0.25, -0.2) is 8.42 Å². The van der Waals surface area contributed by atoms with Crippen LogP contribution < -0.4 is 9.62 Å². The number of anilines is 1. The first kappa shape index (κ1) is 28.4. The Kier molecular flexibility index (Phi) is 9.50. The van der Waals surface area contributed by atoms with Crippen LogP contribution in [0.3, 0.4) is 0 Å². The van der Waals surface area contributed by atoms with Gasteiger partial charge in [0.25, 0.3) is 10.0 Å². The van der Waals surface area contributed by atoms with Gasteiger partial charge in [0.15, 0.2) is 0 Å². The number of nitrogens with one attached hydrogen (secondary N) is 1. The average Bonchev–Trinajstić information content (AvgIpc) is 2.88. The summed E-state index contributed by atoms with van der Waals surface area (Å²) in [5.74, 6) is -0.797. The molecule has 0 bridgehead atoms. The van der Waals surface area contributed by atoms with Crippen LogP contribution in [-0.4, -0.2) is 44.3 Å². The molecule has 0 aliphatic rings. The lowest BCUT2D eigenvalue weighted by Gasteiger charge is -2.32. The van der Waals surface area contributed by atoms with E-state index in [1.165, 1.54) is 17.0 Å². The number of carbonyl (C=O) groups excluding carboxylic acids is 2. The van der Waals surface area contributed by atoms with Gasteiger partial charge < -0.3 is 10.2 Å². The summed E-state index contributed by atoms with van der Waals surface area (Å²) in [5.41, 5.74) is 2.89. The Labute approximate surface area is 227 Å². The Morgan fingerprint density at radius 2 is 1.65 bits per heavy atom. The highest BCUT2D eigenvalue weighted by Gasteiger charge is 2.33. The molecule has 1 unspecified atom stereocenters.